The molecule has 0 saturated heterocycles. The van der Waals surface area contributed by atoms with Gasteiger partial charge in [0.05, 0.1) is 20.9 Å². The minimum absolute atomic E-state index is 0.181. The normalized spacial score (nSPS) is 15.9. The Kier molecular flexibility index (Phi) is 5.28. The van der Waals surface area contributed by atoms with Crippen LogP contribution in [0.3, 0.4) is 0 Å². The molecule has 160 valence electrons. The number of hydrogen-bond acceptors (Lipinski definition) is 7. The summed E-state index contributed by atoms with van der Waals surface area (Å²) in [5, 5.41) is 0.432. The number of nitrogens with one attached hydrogen (secondary N) is 2. The summed E-state index contributed by atoms with van der Waals surface area (Å²) in [7, 11) is -4.07. The smallest absolute Gasteiger partial charge is 0.430 e. The molecule has 2 N–H and O–H groups in total. The maximum Gasteiger partial charge on any atom is 0.430 e. The van der Waals surface area contributed by atoms with Crippen LogP contribution in [-0.2, 0) is 10.2 Å². The van der Waals surface area contributed by atoms with Gasteiger partial charge in [-0.3, -0.25) is 4.72 Å². The van der Waals surface area contributed by atoms with Gasteiger partial charge in [0.15, 0.2) is 0 Å². The average Bonchev–Trinajstić information content (AvgIpc) is 3.35. The van der Waals surface area contributed by atoms with E-state index in [0.29, 0.717) is 23.4 Å². The van der Waals surface area contributed by atoms with Crippen molar-refractivity contribution < 1.29 is 26.3 Å². The summed E-state index contributed by atoms with van der Waals surface area (Å²) >= 11 is 0.826. The third kappa shape index (κ3) is 4.79. The van der Waals surface area contributed by atoms with Crippen LogP contribution < -0.4 is 14.2 Å². The number of aromatic nitrogens is 3. The molecule has 2 aromatic heterocycles. The predicted octanol–water partition coefficient (Wildman–Crippen LogP) is 3.49. The van der Waals surface area contributed by atoms with Crippen molar-refractivity contribution in [3.63, 3.8) is 0 Å². The van der Waals surface area contributed by atoms with Crippen molar-refractivity contribution >= 4 is 38.4 Å². The van der Waals surface area contributed by atoms with Crippen LogP contribution in [0.4, 0.5) is 19.0 Å². The first kappa shape index (κ1) is 20.8. The van der Waals surface area contributed by atoms with Gasteiger partial charge in [0.2, 0.25) is 11.9 Å². The first-order valence-corrected chi connectivity index (χ1v) is 11.1. The van der Waals surface area contributed by atoms with E-state index in [4.69, 9.17) is 4.74 Å². The van der Waals surface area contributed by atoms with Gasteiger partial charge in [0.25, 0.3) is 5.88 Å². The minimum atomic E-state index is -4.78. The van der Waals surface area contributed by atoms with E-state index in [1.165, 1.54) is 6.07 Å². The summed E-state index contributed by atoms with van der Waals surface area (Å²) in [5.41, 5.74) is 0.554. The number of fused-ring (bicyclic) bond motifs is 1. The molecule has 1 aliphatic carbocycles. The maximum atomic E-state index is 13.7. The number of thiazole rings is 1. The lowest BCUT2D eigenvalue weighted by molar-refractivity contribution is -0.197. The molecule has 8 nitrogen and oxygen atoms in total. The largest absolute Gasteiger partial charge is 0.456 e. The molecule has 1 aliphatic rings. The number of ether oxygens (including phenoxy) is 1. The number of rotatable bonds is 7. The Morgan fingerprint density at radius 3 is 2.43 bits per heavy atom. The standard InChI is InChI=1S/C17H16F3N5O3S2/c1-9-21-8-13(29-9)14(17(18,19)20)28-16-15(25-30(26,27)24-10-6-7-10)22-11-4-2-3-5-12(11)23-16/h2-5,8,10,14,24H,6-7H2,1H3,(H,22,25). The molecule has 30 heavy (non-hydrogen) atoms. The number of alkyl halides is 3. The summed E-state index contributed by atoms with van der Waals surface area (Å²) in [4.78, 5) is 11.9. The Morgan fingerprint density at radius 2 is 1.87 bits per heavy atom. The van der Waals surface area contributed by atoms with Crippen LogP contribution >= 0.6 is 11.3 Å². The highest BCUT2D eigenvalue weighted by Gasteiger charge is 2.45. The van der Waals surface area contributed by atoms with Gasteiger partial charge in [-0.25, -0.2) is 15.0 Å². The zero-order valence-corrected chi connectivity index (χ0v) is 17.1. The van der Waals surface area contributed by atoms with Crippen molar-refractivity contribution in [2.45, 2.75) is 38.1 Å². The number of benzene rings is 1. The lowest BCUT2D eigenvalue weighted by Gasteiger charge is -2.21. The number of aryl methyl sites for hydroxylation is 1. The van der Waals surface area contributed by atoms with Crippen LogP contribution in [0.1, 0.15) is 28.8 Å². The van der Waals surface area contributed by atoms with E-state index < -0.39 is 34.2 Å². The van der Waals surface area contributed by atoms with Gasteiger partial charge in [-0.05, 0) is 31.9 Å². The molecule has 0 radical (unpaired) electrons. The molecular formula is C17H16F3N5O3S2. The van der Waals surface area contributed by atoms with Gasteiger partial charge in [-0.1, -0.05) is 12.1 Å². The lowest BCUT2D eigenvalue weighted by Crippen LogP contribution is -2.33. The zero-order chi connectivity index (χ0) is 21.5. The molecule has 13 heteroatoms. The van der Waals surface area contributed by atoms with Gasteiger partial charge >= 0.3 is 16.4 Å². The van der Waals surface area contributed by atoms with E-state index in [9.17, 15) is 21.6 Å². The molecule has 0 aliphatic heterocycles. The first-order valence-electron chi connectivity index (χ1n) is 8.83. The summed E-state index contributed by atoms with van der Waals surface area (Å²) in [5.74, 6) is -1.01. The van der Waals surface area contributed by atoms with E-state index in [0.717, 1.165) is 17.5 Å². The van der Waals surface area contributed by atoms with E-state index in [1.807, 2.05) is 0 Å². The fourth-order valence-corrected chi connectivity index (χ4v) is 4.57. The third-order valence-electron chi connectivity index (χ3n) is 4.09. The summed E-state index contributed by atoms with van der Waals surface area (Å²) in [6, 6.07) is 6.18. The van der Waals surface area contributed by atoms with Crippen molar-refractivity contribution in [1.29, 1.82) is 0 Å². The monoisotopic (exact) mass is 459 g/mol. The number of nitrogens with zero attached hydrogens (tertiary/aromatic N) is 3. The number of para-hydroxylation sites is 2. The second kappa shape index (κ2) is 7.63. The Balaban J connectivity index is 1.75. The topological polar surface area (TPSA) is 106 Å². The number of anilines is 1. The Morgan fingerprint density at radius 1 is 1.20 bits per heavy atom. The summed E-state index contributed by atoms with van der Waals surface area (Å²) < 4.78 is 75.5. The zero-order valence-electron chi connectivity index (χ0n) is 15.5. The first-order chi connectivity index (χ1) is 14.1. The lowest BCUT2D eigenvalue weighted by atomic mass is 10.3. The molecule has 1 unspecified atom stereocenters. The Hall–Kier alpha value is -2.51. The van der Waals surface area contributed by atoms with Crippen molar-refractivity contribution in [1.82, 2.24) is 19.7 Å². The van der Waals surface area contributed by atoms with Crippen LogP contribution in [0.25, 0.3) is 11.0 Å². The molecular weight excluding hydrogens is 443 g/mol. The molecule has 1 aromatic carbocycles. The van der Waals surface area contributed by atoms with Crippen molar-refractivity contribution in [3.8, 4) is 5.88 Å². The highest BCUT2D eigenvalue weighted by molar-refractivity contribution is 7.90. The average molecular weight is 459 g/mol. The Labute approximate surface area is 173 Å². The minimum Gasteiger partial charge on any atom is -0.456 e. The van der Waals surface area contributed by atoms with Crippen LogP contribution in [0.15, 0.2) is 30.5 Å². The van der Waals surface area contributed by atoms with Crippen molar-refractivity contribution in [2.24, 2.45) is 0 Å². The van der Waals surface area contributed by atoms with Crippen molar-refractivity contribution in [2.75, 3.05) is 4.72 Å². The van der Waals surface area contributed by atoms with Crippen LogP contribution in [0.5, 0.6) is 5.88 Å². The quantitative estimate of drug-likeness (QED) is 0.560. The van der Waals surface area contributed by atoms with Crippen molar-refractivity contribution in [3.05, 3.63) is 40.3 Å². The molecule has 0 amide bonds. The molecule has 4 rings (SSSR count). The molecule has 0 spiro atoms. The Bertz CT molecular complexity index is 1180. The fourth-order valence-electron chi connectivity index (χ4n) is 2.61. The third-order valence-corrected chi connectivity index (χ3v) is 6.15. The highest BCUT2D eigenvalue weighted by atomic mass is 32.2. The van der Waals surface area contributed by atoms with Crippen LogP contribution in [0.2, 0.25) is 0 Å². The molecule has 1 fully saturated rings. The second-order valence-electron chi connectivity index (χ2n) is 6.68. The molecule has 0 bridgehead atoms. The molecule has 3 aromatic rings. The highest BCUT2D eigenvalue weighted by Crippen LogP contribution is 2.40. The summed E-state index contributed by atoms with van der Waals surface area (Å²) in [6.07, 6.45) is -4.71. The van der Waals surface area contributed by atoms with Crippen LogP contribution in [0, 0.1) is 6.92 Å². The number of halogens is 3. The van der Waals surface area contributed by atoms with E-state index in [-0.39, 0.29) is 16.4 Å². The second-order valence-corrected chi connectivity index (χ2v) is 9.40. The van der Waals surface area contributed by atoms with Gasteiger partial charge < -0.3 is 4.74 Å². The molecule has 1 atom stereocenters. The van der Waals surface area contributed by atoms with Gasteiger partial charge in [-0.15, -0.1) is 11.3 Å². The van der Waals surface area contributed by atoms with Crippen LogP contribution in [-0.4, -0.2) is 35.6 Å². The summed E-state index contributed by atoms with van der Waals surface area (Å²) in [6.45, 7) is 1.57. The van der Waals surface area contributed by atoms with E-state index in [2.05, 4.69) is 24.4 Å². The van der Waals surface area contributed by atoms with Gasteiger partial charge in [0, 0.05) is 12.2 Å². The predicted molar refractivity (Wildman–Crippen MR) is 105 cm³/mol. The molecule has 2 heterocycles. The van der Waals surface area contributed by atoms with Gasteiger partial charge in [0.1, 0.15) is 0 Å². The fraction of sp³-hybridized carbons (Fsp3) is 0.353. The van der Waals surface area contributed by atoms with E-state index >= 15 is 0 Å². The maximum absolute atomic E-state index is 13.7. The SMILES string of the molecule is Cc1ncc(C(Oc2nc3ccccc3nc2NS(=O)(=O)NC2CC2)C(F)(F)F)s1. The van der Waals surface area contributed by atoms with E-state index in [1.54, 1.807) is 25.1 Å². The van der Waals surface area contributed by atoms with Gasteiger partial charge in [-0.2, -0.15) is 26.3 Å². The number of hydrogen-bond donors (Lipinski definition) is 2. The molecule has 1 saturated carbocycles.